The Morgan fingerprint density at radius 1 is 0.947 bits per heavy atom. The molecule has 4 aromatic rings. The number of rotatable bonds is 10. The third kappa shape index (κ3) is 5.84. The molecule has 2 aromatic carbocycles. The summed E-state index contributed by atoms with van der Waals surface area (Å²) in [7, 11) is 0. The molecule has 1 aliphatic carbocycles. The van der Waals surface area contributed by atoms with Gasteiger partial charge in [-0.3, -0.25) is 19.2 Å². The second-order valence-corrected chi connectivity index (χ2v) is 9.07. The van der Waals surface area contributed by atoms with Crippen LogP contribution in [0.5, 0.6) is 0 Å². The van der Waals surface area contributed by atoms with Crippen LogP contribution in [0.2, 0.25) is 0 Å². The average Bonchev–Trinajstić information content (AvgIpc) is 3.43. The number of carbonyl (C=O) groups excluding carboxylic acids is 3. The molecule has 0 bridgehead atoms. The van der Waals surface area contributed by atoms with E-state index in [4.69, 9.17) is 4.84 Å². The number of amides is 2. The average molecular weight is 510 g/mol. The summed E-state index contributed by atoms with van der Waals surface area (Å²) < 4.78 is 1.52. The fourth-order valence-electron chi connectivity index (χ4n) is 4.09. The number of Topliss-reactive ketones (excluding diaryl/α,β-unsaturated/α-hetero) is 1. The topological polar surface area (TPSA) is 115 Å². The van der Waals surface area contributed by atoms with Crippen molar-refractivity contribution in [1.29, 1.82) is 0 Å². The Morgan fingerprint density at radius 3 is 2.39 bits per heavy atom. The highest BCUT2D eigenvalue weighted by atomic mass is 16.7. The molecule has 2 aromatic heterocycles. The largest absolute Gasteiger partial charge is 0.341 e. The molecule has 1 fully saturated rings. The summed E-state index contributed by atoms with van der Waals surface area (Å²) in [6, 6.07) is 22.8. The van der Waals surface area contributed by atoms with Crippen molar-refractivity contribution in [2.45, 2.75) is 37.8 Å². The second kappa shape index (κ2) is 11.6. The fourth-order valence-corrected chi connectivity index (χ4v) is 4.09. The van der Waals surface area contributed by atoms with E-state index < -0.39 is 23.6 Å². The number of hydrogen-bond donors (Lipinski definition) is 2. The van der Waals surface area contributed by atoms with Crippen molar-refractivity contribution in [3.05, 3.63) is 102 Å². The van der Waals surface area contributed by atoms with Crippen LogP contribution in [0, 0.1) is 0 Å². The minimum atomic E-state index is -1.11. The van der Waals surface area contributed by atoms with Gasteiger partial charge in [-0.05, 0) is 43.0 Å². The standard InChI is InChI=1S/C29H27N5O4/c35-26(29(37)33-38-22-13-7-14-22)25(19-20-9-3-1-4-10-20)31-28(36)23-15-8-17-30-27(23)34-18-16-24(32-34)21-11-5-2-6-12-21/h1-6,8-12,15-18,22,25H,7,13-14,19H2,(H,31,36)(H,33,37). The summed E-state index contributed by atoms with van der Waals surface area (Å²) in [5.41, 5.74) is 4.92. The van der Waals surface area contributed by atoms with E-state index in [1.165, 1.54) is 4.68 Å². The molecule has 192 valence electrons. The van der Waals surface area contributed by atoms with E-state index in [0.29, 0.717) is 5.82 Å². The van der Waals surface area contributed by atoms with E-state index in [1.807, 2.05) is 66.7 Å². The van der Waals surface area contributed by atoms with Crippen LogP contribution in [0.3, 0.4) is 0 Å². The van der Waals surface area contributed by atoms with Gasteiger partial charge in [-0.15, -0.1) is 0 Å². The first-order valence-electron chi connectivity index (χ1n) is 12.5. The van der Waals surface area contributed by atoms with E-state index in [-0.39, 0.29) is 18.1 Å². The van der Waals surface area contributed by atoms with E-state index >= 15 is 0 Å². The zero-order chi connectivity index (χ0) is 26.3. The van der Waals surface area contributed by atoms with Gasteiger partial charge in [0.05, 0.1) is 17.4 Å². The van der Waals surface area contributed by atoms with Gasteiger partial charge in [0, 0.05) is 24.4 Å². The summed E-state index contributed by atoms with van der Waals surface area (Å²) >= 11 is 0. The first kappa shape index (κ1) is 25.0. The fraction of sp³-hybridized carbons (Fsp3) is 0.207. The van der Waals surface area contributed by atoms with Gasteiger partial charge in [0.2, 0.25) is 5.78 Å². The van der Waals surface area contributed by atoms with E-state index in [9.17, 15) is 14.4 Å². The van der Waals surface area contributed by atoms with Crippen molar-refractivity contribution in [2.24, 2.45) is 0 Å². The molecular weight excluding hydrogens is 482 g/mol. The lowest BCUT2D eigenvalue weighted by Crippen LogP contribution is -2.49. The Kier molecular flexibility index (Phi) is 7.65. The molecular formula is C29H27N5O4. The number of nitrogens with one attached hydrogen (secondary N) is 2. The highest BCUT2D eigenvalue weighted by molar-refractivity contribution is 6.38. The lowest BCUT2D eigenvalue weighted by molar-refractivity contribution is -0.152. The van der Waals surface area contributed by atoms with Gasteiger partial charge in [0.1, 0.15) is 6.04 Å². The van der Waals surface area contributed by atoms with Crippen LogP contribution < -0.4 is 10.8 Å². The van der Waals surface area contributed by atoms with Crippen LogP contribution in [-0.2, 0) is 20.8 Å². The predicted molar refractivity (Wildman–Crippen MR) is 140 cm³/mol. The molecule has 0 aliphatic heterocycles. The van der Waals surface area contributed by atoms with Gasteiger partial charge in [-0.25, -0.2) is 15.1 Å². The number of benzene rings is 2. The van der Waals surface area contributed by atoms with Crippen molar-refractivity contribution in [3.63, 3.8) is 0 Å². The van der Waals surface area contributed by atoms with Crippen molar-refractivity contribution < 1.29 is 19.2 Å². The maximum Gasteiger partial charge on any atom is 0.313 e. The highest BCUT2D eigenvalue weighted by Crippen LogP contribution is 2.21. The quantitative estimate of drug-likeness (QED) is 0.250. The van der Waals surface area contributed by atoms with Crippen molar-refractivity contribution in [2.75, 3.05) is 0 Å². The summed E-state index contributed by atoms with van der Waals surface area (Å²) in [6.07, 6.45) is 6.04. The molecule has 1 aliphatic rings. The van der Waals surface area contributed by atoms with Crippen molar-refractivity contribution in [3.8, 4) is 17.1 Å². The first-order valence-corrected chi connectivity index (χ1v) is 12.5. The number of hydrogen-bond acceptors (Lipinski definition) is 6. The van der Waals surface area contributed by atoms with E-state index in [0.717, 1.165) is 36.1 Å². The third-order valence-electron chi connectivity index (χ3n) is 6.41. The number of ketones is 1. The van der Waals surface area contributed by atoms with Crippen molar-refractivity contribution in [1.82, 2.24) is 25.6 Å². The van der Waals surface area contributed by atoms with Gasteiger partial charge >= 0.3 is 5.91 Å². The molecule has 1 unspecified atom stereocenters. The molecule has 0 saturated heterocycles. The predicted octanol–water partition coefficient (Wildman–Crippen LogP) is 3.44. The molecule has 2 heterocycles. The van der Waals surface area contributed by atoms with Gasteiger partial charge in [-0.2, -0.15) is 5.10 Å². The molecule has 0 radical (unpaired) electrons. The first-order chi connectivity index (χ1) is 18.6. The minimum absolute atomic E-state index is 0.0817. The van der Waals surface area contributed by atoms with Crippen LogP contribution >= 0.6 is 0 Å². The molecule has 0 spiro atoms. The number of nitrogens with zero attached hydrogens (tertiary/aromatic N) is 3. The molecule has 2 N–H and O–H groups in total. The molecule has 2 amide bonds. The summed E-state index contributed by atoms with van der Waals surface area (Å²) in [6.45, 7) is 0. The summed E-state index contributed by atoms with van der Waals surface area (Å²) in [5, 5.41) is 7.33. The van der Waals surface area contributed by atoms with Crippen LogP contribution in [0.25, 0.3) is 17.1 Å². The van der Waals surface area contributed by atoms with Crippen LogP contribution in [0.4, 0.5) is 0 Å². The molecule has 1 atom stereocenters. The zero-order valence-electron chi connectivity index (χ0n) is 20.6. The lowest BCUT2D eigenvalue weighted by Gasteiger charge is -2.25. The number of pyridine rings is 1. The Hall–Kier alpha value is -4.63. The van der Waals surface area contributed by atoms with Crippen molar-refractivity contribution >= 4 is 17.6 Å². The van der Waals surface area contributed by atoms with E-state index in [1.54, 1.807) is 24.5 Å². The maximum absolute atomic E-state index is 13.5. The number of carbonyl (C=O) groups is 3. The van der Waals surface area contributed by atoms with Crippen LogP contribution in [0.15, 0.2) is 91.3 Å². The third-order valence-corrected chi connectivity index (χ3v) is 6.41. The van der Waals surface area contributed by atoms with Gasteiger partial charge < -0.3 is 5.32 Å². The normalized spacial score (nSPS) is 13.8. The zero-order valence-corrected chi connectivity index (χ0v) is 20.6. The Bertz CT molecular complexity index is 1420. The molecule has 5 rings (SSSR count). The lowest BCUT2D eigenvalue weighted by atomic mass is 9.97. The van der Waals surface area contributed by atoms with Gasteiger partial charge in [0.15, 0.2) is 5.82 Å². The number of hydroxylamine groups is 1. The Morgan fingerprint density at radius 2 is 1.68 bits per heavy atom. The van der Waals surface area contributed by atoms with E-state index in [2.05, 4.69) is 20.9 Å². The van der Waals surface area contributed by atoms with Crippen LogP contribution in [0.1, 0.15) is 35.2 Å². The van der Waals surface area contributed by atoms with Crippen LogP contribution in [-0.4, -0.2) is 44.5 Å². The summed E-state index contributed by atoms with van der Waals surface area (Å²) in [4.78, 5) is 48.8. The Labute approximate surface area is 219 Å². The molecule has 38 heavy (non-hydrogen) atoms. The Balaban J connectivity index is 1.37. The molecule has 9 heteroatoms. The molecule has 1 saturated carbocycles. The van der Waals surface area contributed by atoms with Gasteiger partial charge in [-0.1, -0.05) is 60.7 Å². The smallest absolute Gasteiger partial charge is 0.313 e. The maximum atomic E-state index is 13.5. The minimum Gasteiger partial charge on any atom is -0.341 e. The highest BCUT2D eigenvalue weighted by Gasteiger charge is 2.30. The monoisotopic (exact) mass is 509 g/mol. The SMILES string of the molecule is O=C(NOC1CCC1)C(=O)C(Cc1ccccc1)NC(=O)c1cccnc1-n1ccc(-c2ccccc2)n1. The molecule has 9 nitrogen and oxygen atoms in total. The second-order valence-electron chi connectivity index (χ2n) is 9.07. The summed E-state index contributed by atoms with van der Waals surface area (Å²) in [5.74, 6) is -1.94. The number of aromatic nitrogens is 3. The van der Waals surface area contributed by atoms with Gasteiger partial charge in [0.25, 0.3) is 5.91 Å².